The first-order valence-electron chi connectivity index (χ1n) is 18.2. The van der Waals surface area contributed by atoms with Gasteiger partial charge in [0.15, 0.2) is 34.9 Å². The minimum absolute atomic E-state index is 0.517. The monoisotopic (exact) mass is 717 g/mol. The van der Waals surface area contributed by atoms with Crippen LogP contribution in [0.4, 0.5) is 0 Å². The third kappa shape index (κ3) is 6.82. The highest BCUT2D eigenvalue weighted by Gasteiger charge is 2.20. The number of aromatic nitrogens is 6. The average Bonchev–Trinajstić information content (AvgIpc) is 3.29. The zero-order valence-corrected chi connectivity index (χ0v) is 30.0. The highest BCUT2D eigenvalue weighted by Crippen LogP contribution is 2.38. The molecular weight excluding hydrogens is 687 g/mol. The summed E-state index contributed by atoms with van der Waals surface area (Å²) in [6.45, 7) is 0. The van der Waals surface area contributed by atoms with Gasteiger partial charge in [-0.05, 0) is 17.2 Å². The van der Waals surface area contributed by atoms with Crippen molar-refractivity contribution in [2.45, 2.75) is 0 Å². The second kappa shape index (κ2) is 15.2. The van der Waals surface area contributed by atoms with Crippen LogP contribution in [-0.4, -0.2) is 29.9 Å². The van der Waals surface area contributed by atoms with Crippen LogP contribution in [0.3, 0.4) is 0 Å². The summed E-state index contributed by atoms with van der Waals surface area (Å²) in [5.41, 5.74) is 8.94. The molecule has 7 heteroatoms. The number of nitriles is 1. The normalized spacial score (nSPS) is 10.8. The number of nitrogens with zero attached hydrogens (tertiary/aromatic N) is 7. The second-order valence-electron chi connectivity index (χ2n) is 13.0. The van der Waals surface area contributed by atoms with Crippen LogP contribution in [-0.2, 0) is 0 Å². The second-order valence-corrected chi connectivity index (χ2v) is 13.0. The van der Waals surface area contributed by atoms with E-state index in [2.05, 4.69) is 6.07 Å². The number of benzene rings is 7. The summed E-state index contributed by atoms with van der Waals surface area (Å²) in [5, 5.41) is 10.9. The van der Waals surface area contributed by atoms with Crippen molar-refractivity contribution in [3.05, 3.63) is 194 Å². The van der Waals surface area contributed by atoms with E-state index in [0.717, 1.165) is 55.6 Å². The van der Waals surface area contributed by atoms with Gasteiger partial charge in [-0.25, -0.2) is 29.9 Å². The van der Waals surface area contributed by atoms with Crippen molar-refractivity contribution in [1.29, 1.82) is 5.26 Å². The predicted octanol–water partition coefficient (Wildman–Crippen LogP) is 11.3. The van der Waals surface area contributed by atoms with E-state index in [4.69, 9.17) is 29.9 Å². The maximum atomic E-state index is 10.9. The molecule has 0 aliphatic carbocycles. The van der Waals surface area contributed by atoms with Crippen LogP contribution in [0.15, 0.2) is 188 Å². The van der Waals surface area contributed by atoms with Gasteiger partial charge in [-0.15, -0.1) is 0 Å². The lowest BCUT2D eigenvalue weighted by Crippen LogP contribution is -2.01. The highest BCUT2D eigenvalue weighted by molar-refractivity contribution is 5.89. The van der Waals surface area contributed by atoms with Crippen molar-refractivity contribution in [2.75, 3.05) is 0 Å². The van der Waals surface area contributed by atoms with E-state index in [9.17, 15) is 5.26 Å². The van der Waals surface area contributed by atoms with Gasteiger partial charge < -0.3 is 0 Å². The van der Waals surface area contributed by atoms with Gasteiger partial charge in [0.2, 0.25) is 0 Å². The Hall–Kier alpha value is -7.95. The molecule has 0 atom stereocenters. The summed E-state index contributed by atoms with van der Waals surface area (Å²) in [6, 6.07) is 64.1. The lowest BCUT2D eigenvalue weighted by molar-refractivity contribution is 1.07. The van der Waals surface area contributed by atoms with Gasteiger partial charge in [-0.2, -0.15) is 5.26 Å². The Bertz CT molecular complexity index is 2740. The van der Waals surface area contributed by atoms with Gasteiger partial charge in [0, 0.05) is 44.5 Å². The molecule has 0 aliphatic rings. The standard InChI is InChI=1S/C49H31N7/c50-32-43-39(37-25-15-26-38(31-37)48-53-44(33-17-5-1-6-18-33)51-45(54-48)34-19-7-2-8-20-34)29-16-30-41(43)40-27-13-14-28-42(40)49-55-46(35-21-9-3-10-22-35)52-47(56-49)36-23-11-4-12-24-36/h1-31H. The summed E-state index contributed by atoms with van der Waals surface area (Å²) >= 11 is 0. The molecule has 0 aliphatic heterocycles. The fourth-order valence-electron chi connectivity index (χ4n) is 6.74. The van der Waals surface area contributed by atoms with Gasteiger partial charge >= 0.3 is 0 Å². The number of hydrogen-bond donors (Lipinski definition) is 0. The molecule has 0 saturated heterocycles. The lowest BCUT2D eigenvalue weighted by Gasteiger charge is -2.15. The van der Waals surface area contributed by atoms with E-state index >= 15 is 0 Å². The molecule has 0 unspecified atom stereocenters. The fourth-order valence-corrected chi connectivity index (χ4v) is 6.74. The van der Waals surface area contributed by atoms with Gasteiger partial charge in [-0.3, -0.25) is 0 Å². The maximum Gasteiger partial charge on any atom is 0.164 e. The van der Waals surface area contributed by atoms with E-state index in [1.54, 1.807) is 0 Å². The molecule has 262 valence electrons. The summed E-state index contributed by atoms with van der Waals surface area (Å²) in [5.74, 6) is 3.36. The molecule has 7 aromatic carbocycles. The van der Waals surface area contributed by atoms with Crippen LogP contribution in [0.2, 0.25) is 0 Å². The van der Waals surface area contributed by atoms with Crippen LogP contribution < -0.4 is 0 Å². The maximum absolute atomic E-state index is 10.9. The van der Waals surface area contributed by atoms with Gasteiger partial charge in [0.1, 0.15) is 6.07 Å². The van der Waals surface area contributed by atoms with E-state index in [1.165, 1.54) is 0 Å². The first kappa shape index (κ1) is 33.9. The molecule has 0 amide bonds. The zero-order chi connectivity index (χ0) is 37.7. The molecule has 0 radical (unpaired) electrons. The van der Waals surface area contributed by atoms with Gasteiger partial charge in [0.25, 0.3) is 0 Å². The van der Waals surface area contributed by atoms with Crippen LogP contribution in [0.1, 0.15) is 5.56 Å². The molecule has 7 nitrogen and oxygen atoms in total. The van der Waals surface area contributed by atoms with Crippen LogP contribution in [0.5, 0.6) is 0 Å². The third-order valence-corrected chi connectivity index (χ3v) is 9.46. The molecule has 56 heavy (non-hydrogen) atoms. The van der Waals surface area contributed by atoms with Gasteiger partial charge in [-0.1, -0.05) is 182 Å². The fraction of sp³-hybridized carbons (Fsp3) is 0. The summed E-state index contributed by atoms with van der Waals surface area (Å²) in [4.78, 5) is 29.6. The van der Waals surface area contributed by atoms with Crippen molar-refractivity contribution in [2.24, 2.45) is 0 Å². The molecule has 0 saturated carbocycles. The zero-order valence-electron chi connectivity index (χ0n) is 30.0. The lowest BCUT2D eigenvalue weighted by atomic mass is 9.89. The number of hydrogen-bond acceptors (Lipinski definition) is 7. The quantitative estimate of drug-likeness (QED) is 0.154. The first-order valence-corrected chi connectivity index (χ1v) is 18.2. The molecule has 0 spiro atoms. The van der Waals surface area contributed by atoms with Crippen molar-refractivity contribution in [3.63, 3.8) is 0 Å². The predicted molar refractivity (Wildman–Crippen MR) is 221 cm³/mol. The topological polar surface area (TPSA) is 101 Å². The Kier molecular flexibility index (Phi) is 9.18. The minimum atomic E-state index is 0.517. The minimum Gasteiger partial charge on any atom is -0.208 e. The summed E-state index contributed by atoms with van der Waals surface area (Å²) in [6.07, 6.45) is 0. The van der Waals surface area contributed by atoms with Crippen molar-refractivity contribution < 1.29 is 0 Å². The summed E-state index contributed by atoms with van der Waals surface area (Å²) in [7, 11) is 0. The number of rotatable bonds is 8. The molecule has 9 aromatic rings. The van der Waals surface area contributed by atoms with Gasteiger partial charge in [0.05, 0.1) is 5.56 Å². The Morgan fingerprint density at radius 1 is 0.268 bits per heavy atom. The first-order chi connectivity index (χ1) is 27.7. The Morgan fingerprint density at radius 3 is 1.05 bits per heavy atom. The van der Waals surface area contributed by atoms with Crippen LogP contribution in [0, 0.1) is 11.3 Å². The SMILES string of the molecule is N#Cc1c(-c2cccc(-c3nc(-c4ccccc4)nc(-c4ccccc4)n3)c2)cccc1-c1ccccc1-c1nc(-c2ccccc2)nc(-c2ccccc2)n1. The van der Waals surface area contributed by atoms with E-state index in [1.807, 2.05) is 188 Å². The molecule has 2 aromatic heterocycles. The molecule has 0 N–H and O–H groups in total. The molecule has 2 heterocycles. The molecule has 9 rings (SSSR count). The van der Waals surface area contributed by atoms with Crippen molar-refractivity contribution in [1.82, 2.24) is 29.9 Å². The Morgan fingerprint density at radius 2 is 0.589 bits per heavy atom. The largest absolute Gasteiger partial charge is 0.208 e. The average molecular weight is 718 g/mol. The highest BCUT2D eigenvalue weighted by atomic mass is 15.0. The molecule has 0 bridgehead atoms. The van der Waals surface area contributed by atoms with Crippen molar-refractivity contribution in [3.8, 4) is 96.7 Å². The summed E-state index contributed by atoms with van der Waals surface area (Å²) < 4.78 is 0. The Balaban J connectivity index is 1.16. The smallest absolute Gasteiger partial charge is 0.164 e. The molecule has 0 fully saturated rings. The van der Waals surface area contributed by atoms with E-state index in [-0.39, 0.29) is 0 Å². The van der Waals surface area contributed by atoms with Crippen LogP contribution >= 0.6 is 0 Å². The van der Waals surface area contributed by atoms with Crippen molar-refractivity contribution >= 4 is 0 Å². The van der Waals surface area contributed by atoms with Crippen LogP contribution in [0.25, 0.3) is 90.6 Å². The Labute approximate surface area is 324 Å². The third-order valence-electron chi connectivity index (χ3n) is 9.46. The van der Waals surface area contributed by atoms with E-state index < -0.39 is 0 Å². The van der Waals surface area contributed by atoms with E-state index in [0.29, 0.717) is 40.5 Å². The molecular formula is C49H31N7.